The van der Waals surface area contributed by atoms with Crippen LogP contribution in [0.2, 0.25) is 0 Å². The van der Waals surface area contributed by atoms with Gasteiger partial charge in [0.05, 0.1) is 9.79 Å². The minimum absolute atomic E-state index is 0.204. The molecule has 0 saturated heterocycles. The summed E-state index contributed by atoms with van der Waals surface area (Å²) >= 11 is 0. The van der Waals surface area contributed by atoms with Crippen molar-refractivity contribution in [2.24, 2.45) is 0 Å². The Hall–Kier alpha value is -2.01. The molecule has 0 aromatic heterocycles. The van der Waals surface area contributed by atoms with Crippen molar-refractivity contribution in [3.8, 4) is 0 Å². The molecule has 0 fully saturated rings. The highest BCUT2D eigenvalue weighted by atomic mass is 32.2. The molecule has 0 atom stereocenters. The second kappa shape index (κ2) is 4.70. The average molecular weight is 262 g/mol. The van der Waals surface area contributed by atoms with Crippen molar-refractivity contribution in [2.75, 3.05) is 18.1 Å². The van der Waals surface area contributed by atoms with Gasteiger partial charge in [-0.25, -0.2) is 8.42 Å². The molecule has 94 valence electrons. The van der Waals surface area contributed by atoms with E-state index in [0.29, 0.717) is 5.69 Å². The molecule has 0 heterocycles. The summed E-state index contributed by atoms with van der Waals surface area (Å²) in [5.74, 6) is 0. The Kier molecular flexibility index (Phi) is 3.25. The van der Waals surface area contributed by atoms with Crippen LogP contribution in [0.4, 0.5) is 11.4 Å². The summed E-state index contributed by atoms with van der Waals surface area (Å²) in [5, 5.41) is 2.91. The third-order valence-electron chi connectivity index (χ3n) is 2.60. The Labute approximate surface area is 106 Å². The fraction of sp³-hybridized carbons (Fsp3) is 0.0769. The van der Waals surface area contributed by atoms with Crippen molar-refractivity contribution in [3.05, 3.63) is 48.5 Å². The van der Waals surface area contributed by atoms with Crippen molar-refractivity contribution >= 4 is 21.2 Å². The molecule has 18 heavy (non-hydrogen) atoms. The summed E-state index contributed by atoms with van der Waals surface area (Å²) in [6, 6.07) is 13.0. The zero-order valence-corrected chi connectivity index (χ0v) is 10.7. The van der Waals surface area contributed by atoms with E-state index in [9.17, 15) is 8.42 Å². The molecule has 4 nitrogen and oxygen atoms in total. The lowest BCUT2D eigenvalue weighted by Gasteiger charge is -2.07. The monoisotopic (exact) mass is 262 g/mol. The number of anilines is 2. The summed E-state index contributed by atoms with van der Waals surface area (Å²) in [7, 11) is -1.77. The van der Waals surface area contributed by atoms with Gasteiger partial charge in [0.25, 0.3) is 0 Å². The van der Waals surface area contributed by atoms with Crippen LogP contribution in [0.15, 0.2) is 58.3 Å². The summed E-state index contributed by atoms with van der Waals surface area (Å²) in [6.07, 6.45) is 0. The van der Waals surface area contributed by atoms with Gasteiger partial charge < -0.3 is 11.1 Å². The fourth-order valence-corrected chi connectivity index (χ4v) is 3.00. The first kappa shape index (κ1) is 12.4. The van der Waals surface area contributed by atoms with Gasteiger partial charge in [-0.15, -0.1) is 0 Å². The minimum atomic E-state index is -3.51. The first-order valence-corrected chi connectivity index (χ1v) is 6.91. The van der Waals surface area contributed by atoms with Crippen LogP contribution >= 0.6 is 0 Å². The standard InChI is InChI=1S/C13H14N2O2S/c1-15-11-5-3-7-13(9-11)18(16,17)12-6-2-4-10(14)8-12/h2-9,15H,14H2,1H3. The number of benzene rings is 2. The number of hydrogen-bond acceptors (Lipinski definition) is 4. The molecule has 2 aromatic carbocycles. The largest absolute Gasteiger partial charge is 0.399 e. The van der Waals surface area contributed by atoms with Gasteiger partial charge in [-0.1, -0.05) is 12.1 Å². The van der Waals surface area contributed by atoms with Gasteiger partial charge in [0.15, 0.2) is 0 Å². The minimum Gasteiger partial charge on any atom is -0.399 e. The van der Waals surface area contributed by atoms with Crippen LogP contribution in [0.3, 0.4) is 0 Å². The van der Waals surface area contributed by atoms with Crippen LogP contribution in [0, 0.1) is 0 Å². The highest BCUT2D eigenvalue weighted by molar-refractivity contribution is 7.91. The average Bonchev–Trinajstić information content (AvgIpc) is 2.39. The molecular formula is C13H14N2O2S. The molecule has 0 unspecified atom stereocenters. The molecule has 0 spiro atoms. The Bertz CT molecular complexity index is 666. The first-order valence-electron chi connectivity index (χ1n) is 5.42. The molecule has 0 bridgehead atoms. The topological polar surface area (TPSA) is 72.2 Å². The maximum absolute atomic E-state index is 12.4. The highest BCUT2D eigenvalue weighted by Gasteiger charge is 2.17. The van der Waals surface area contributed by atoms with Crippen LogP contribution in [-0.2, 0) is 9.84 Å². The molecule has 0 aliphatic heterocycles. The van der Waals surface area contributed by atoms with Gasteiger partial charge >= 0.3 is 0 Å². The van der Waals surface area contributed by atoms with Gasteiger partial charge in [-0.05, 0) is 36.4 Å². The van der Waals surface area contributed by atoms with Gasteiger partial charge in [-0.2, -0.15) is 0 Å². The van der Waals surface area contributed by atoms with E-state index in [1.807, 2.05) is 0 Å². The summed E-state index contributed by atoms with van der Waals surface area (Å²) < 4.78 is 24.7. The molecular weight excluding hydrogens is 248 g/mol. The van der Waals surface area contributed by atoms with Crippen LogP contribution < -0.4 is 11.1 Å². The SMILES string of the molecule is CNc1cccc(S(=O)(=O)c2cccc(N)c2)c1. The van der Waals surface area contributed by atoms with Crippen molar-refractivity contribution in [3.63, 3.8) is 0 Å². The predicted molar refractivity (Wildman–Crippen MR) is 72.3 cm³/mol. The quantitative estimate of drug-likeness (QED) is 0.831. The zero-order chi connectivity index (χ0) is 13.2. The van der Waals surface area contributed by atoms with Gasteiger partial charge in [0.1, 0.15) is 0 Å². The van der Waals surface area contributed by atoms with Gasteiger partial charge in [0, 0.05) is 18.4 Å². The number of nitrogen functional groups attached to an aromatic ring is 1. The maximum Gasteiger partial charge on any atom is 0.206 e. The second-order valence-electron chi connectivity index (χ2n) is 3.85. The van der Waals surface area contributed by atoms with E-state index < -0.39 is 9.84 Å². The molecule has 0 amide bonds. The first-order chi connectivity index (χ1) is 8.54. The third kappa shape index (κ3) is 2.31. The smallest absolute Gasteiger partial charge is 0.206 e. The fourth-order valence-electron chi connectivity index (χ4n) is 1.64. The maximum atomic E-state index is 12.4. The summed E-state index contributed by atoms with van der Waals surface area (Å²) in [4.78, 5) is 0.454. The summed E-state index contributed by atoms with van der Waals surface area (Å²) in [6.45, 7) is 0. The molecule has 0 saturated carbocycles. The lowest BCUT2D eigenvalue weighted by Crippen LogP contribution is -2.03. The van der Waals surface area contributed by atoms with Crippen LogP contribution in [-0.4, -0.2) is 15.5 Å². The van der Waals surface area contributed by atoms with Crippen LogP contribution in [0.25, 0.3) is 0 Å². The predicted octanol–water partition coefficient (Wildman–Crippen LogP) is 2.14. The van der Waals surface area contributed by atoms with E-state index in [2.05, 4.69) is 5.32 Å². The zero-order valence-electron chi connectivity index (χ0n) is 9.92. The van der Waals surface area contributed by atoms with Crippen molar-refractivity contribution in [1.82, 2.24) is 0 Å². The molecule has 0 aliphatic carbocycles. The van der Waals surface area contributed by atoms with Crippen molar-refractivity contribution in [2.45, 2.75) is 9.79 Å². The number of nitrogens with one attached hydrogen (secondary N) is 1. The number of rotatable bonds is 3. The Morgan fingerprint density at radius 1 is 1.00 bits per heavy atom. The van der Waals surface area contributed by atoms with Crippen molar-refractivity contribution in [1.29, 1.82) is 0 Å². The third-order valence-corrected chi connectivity index (χ3v) is 4.35. The number of nitrogens with two attached hydrogens (primary N) is 1. The number of hydrogen-bond donors (Lipinski definition) is 2. The molecule has 5 heteroatoms. The van der Waals surface area contributed by atoms with E-state index in [1.54, 1.807) is 43.4 Å². The molecule has 0 radical (unpaired) electrons. The Morgan fingerprint density at radius 2 is 1.61 bits per heavy atom. The Morgan fingerprint density at radius 3 is 2.22 bits per heavy atom. The number of sulfone groups is 1. The van der Waals surface area contributed by atoms with E-state index in [4.69, 9.17) is 5.73 Å². The molecule has 2 rings (SSSR count). The van der Waals surface area contributed by atoms with Gasteiger partial charge in [0.2, 0.25) is 9.84 Å². The normalized spacial score (nSPS) is 11.2. The molecule has 2 aromatic rings. The van der Waals surface area contributed by atoms with Crippen LogP contribution in [0.5, 0.6) is 0 Å². The second-order valence-corrected chi connectivity index (χ2v) is 5.80. The lowest BCUT2D eigenvalue weighted by molar-refractivity contribution is 0.596. The van der Waals surface area contributed by atoms with E-state index in [0.717, 1.165) is 5.69 Å². The van der Waals surface area contributed by atoms with E-state index in [1.165, 1.54) is 12.1 Å². The molecule has 3 N–H and O–H groups in total. The van der Waals surface area contributed by atoms with Crippen molar-refractivity contribution < 1.29 is 8.42 Å². The Balaban J connectivity index is 2.54. The lowest BCUT2D eigenvalue weighted by atomic mass is 10.3. The molecule has 0 aliphatic rings. The van der Waals surface area contributed by atoms with Gasteiger partial charge in [-0.3, -0.25) is 0 Å². The highest BCUT2D eigenvalue weighted by Crippen LogP contribution is 2.24. The van der Waals surface area contributed by atoms with E-state index in [-0.39, 0.29) is 9.79 Å². The summed E-state index contributed by atoms with van der Waals surface area (Å²) in [5.41, 5.74) is 6.79. The van der Waals surface area contributed by atoms with E-state index >= 15 is 0 Å². The van der Waals surface area contributed by atoms with Crippen LogP contribution in [0.1, 0.15) is 0 Å².